The molecule has 5 nitrogen and oxygen atoms in total. The fourth-order valence-corrected chi connectivity index (χ4v) is 3.93. The maximum absolute atomic E-state index is 13.3. The van der Waals surface area contributed by atoms with Crippen molar-refractivity contribution in [2.75, 3.05) is 26.2 Å². The number of halogens is 1. The molecule has 1 aromatic rings. The number of carbonyl (C=O) groups excluding carboxylic acids is 1. The minimum atomic E-state index is -3.65. The van der Waals surface area contributed by atoms with E-state index < -0.39 is 15.8 Å². The predicted octanol–water partition coefficient (Wildman–Crippen LogP) is 1.38. The smallest absolute Gasteiger partial charge is 0.243 e. The maximum atomic E-state index is 13.3. The fraction of sp³-hybridized carbons (Fsp3) is 0.500. The van der Waals surface area contributed by atoms with E-state index in [0.29, 0.717) is 31.6 Å². The summed E-state index contributed by atoms with van der Waals surface area (Å²) in [7, 11) is -3.65. The Bertz CT molecular complexity index is 646. The van der Waals surface area contributed by atoms with Gasteiger partial charge < -0.3 is 4.90 Å². The molecule has 1 amide bonds. The molecule has 1 saturated heterocycles. The third-order valence-corrected chi connectivity index (χ3v) is 5.56. The zero-order valence-electron chi connectivity index (χ0n) is 12.2. The lowest BCUT2D eigenvalue weighted by Crippen LogP contribution is -2.36. The molecule has 116 valence electrons. The lowest BCUT2D eigenvalue weighted by atomic mass is 10.2. The van der Waals surface area contributed by atoms with Gasteiger partial charge in [0.2, 0.25) is 15.9 Å². The van der Waals surface area contributed by atoms with Crippen molar-refractivity contribution in [2.24, 2.45) is 0 Å². The van der Waals surface area contributed by atoms with Gasteiger partial charge in [-0.05, 0) is 37.1 Å². The van der Waals surface area contributed by atoms with Crippen LogP contribution in [0.25, 0.3) is 0 Å². The highest BCUT2D eigenvalue weighted by molar-refractivity contribution is 7.89. The SMILES string of the molecule is CC(=O)N1CCCN(S(=O)(=O)c2ccc(F)c(C)c2)CC1. The van der Waals surface area contributed by atoms with Crippen LogP contribution in [-0.2, 0) is 14.8 Å². The molecule has 0 atom stereocenters. The predicted molar refractivity (Wildman–Crippen MR) is 76.8 cm³/mol. The summed E-state index contributed by atoms with van der Waals surface area (Å²) in [6, 6.07) is 3.80. The molecule has 0 bridgehead atoms. The van der Waals surface area contributed by atoms with Crippen LogP contribution in [0.15, 0.2) is 23.1 Å². The Kier molecular flexibility index (Phi) is 4.63. The summed E-state index contributed by atoms with van der Waals surface area (Å²) < 4.78 is 39.8. The van der Waals surface area contributed by atoms with Crippen LogP contribution >= 0.6 is 0 Å². The van der Waals surface area contributed by atoms with Gasteiger partial charge in [-0.2, -0.15) is 4.31 Å². The van der Waals surface area contributed by atoms with Crippen LogP contribution < -0.4 is 0 Å². The summed E-state index contributed by atoms with van der Waals surface area (Å²) in [4.78, 5) is 13.1. The molecule has 0 aromatic heterocycles. The molecule has 0 spiro atoms. The van der Waals surface area contributed by atoms with Crippen LogP contribution in [0.5, 0.6) is 0 Å². The van der Waals surface area contributed by atoms with E-state index in [2.05, 4.69) is 0 Å². The van der Waals surface area contributed by atoms with Gasteiger partial charge in [0.25, 0.3) is 0 Å². The van der Waals surface area contributed by atoms with Gasteiger partial charge in [0, 0.05) is 33.1 Å². The Hall–Kier alpha value is -1.47. The van der Waals surface area contributed by atoms with E-state index in [4.69, 9.17) is 0 Å². The largest absolute Gasteiger partial charge is 0.342 e. The lowest BCUT2D eigenvalue weighted by Gasteiger charge is -2.21. The van der Waals surface area contributed by atoms with Crippen molar-refractivity contribution in [3.63, 3.8) is 0 Å². The van der Waals surface area contributed by atoms with E-state index in [1.165, 1.54) is 36.4 Å². The Morgan fingerprint density at radius 3 is 2.52 bits per heavy atom. The fourth-order valence-electron chi connectivity index (χ4n) is 2.38. The van der Waals surface area contributed by atoms with Crippen LogP contribution in [0.2, 0.25) is 0 Å². The number of rotatable bonds is 2. The summed E-state index contributed by atoms with van der Waals surface area (Å²) in [5.74, 6) is -0.473. The molecule has 21 heavy (non-hydrogen) atoms. The summed E-state index contributed by atoms with van der Waals surface area (Å²) in [6.45, 7) is 4.58. The average Bonchev–Trinajstić information content (AvgIpc) is 2.68. The Labute approximate surface area is 124 Å². The molecule has 1 fully saturated rings. The van der Waals surface area contributed by atoms with Crippen LogP contribution in [0, 0.1) is 12.7 Å². The topological polar surface area (TPSA) is 57.7 Å². The monoisotopic (exact) mass is 314 g/mol. The summed E-state index contributed by atoms with van der Waals surface area (Å²) >= 11 is 0. The molecule has 0 radical (unpaired) electrons. The molecule has 0 saturated carbocycles. The van der Waals surface area contributed by atoms with Gasteiger partial charge in [0.15, 0.2) is 0 Å². The summed E-state index contributed by atoms with van der Waals surface area (Å²) in [6.07, 6.45) is 0.596. The second kappa shape index (κ2) is 6.11. The molecule has 0 unspecified atom stereocenters. The van der Waals surface area contributed by atoms with E-state index in [1.807, 2.05) is 0 Å². The van der Waals surface area contributed by atoms with Crippen molar-refractivity contribution in [3.8, 4) is 0 Å². The quantitative estimate of drug-likeness (QED) is 0.828. The number of aryl methyl sites for hydroxylation is 1. The normalized spacial score (nSPS) is 17.6. The third-order valence-electron chi connectivity index (χ3n) is 3.67. The first-order valence-corrected chi connectivity index (χ1v) is 8.28. The third kappa shape index (κ3) is 3.41. The van der Waals surface area contributed by atoms with Gasteiger partial charge in [0.1, 0.15) is 5.82 Å². The van der Waals surface area contributed by atoms with Gasteiger partial charge in [0.05, 0.1) is 4.90 Å². The van der Waals surface area contributed by atoms with Crippen molar-refractivity contribution in [2.45, 2.75) is 25.2 Å². The molecule has 0 aliphatic carbocycles. The van der Waals surface area contributed by atoms with Gasteiger partial charge in [-0.15, -0.1) is 0 Å². The Morgan fingerprint density at radius 2 is 1.90 bits per heavy atom. The maximum Gasteiger partial charge on any atom is 0.243 e. The van der Waals surface area contributed by atoms with E-state index in [-0.39, 0.29) is 17.3 Å². The zero-order chi connectivity index (χ0) is 15.6. The van der Waals surface area contributed by atoms with Gasteiger partial charge in [-0.1, -0.05) is 0 Å². The number of benzene rings is 1. The highest BCUT2D eigenvalue weighted by Crippen LogP contribution is 2.20. The van der Waals surface area contributed by atoms with Crippen molar-refractivity contribution < 1.29 is 17.6 Å². The van der Waals surface area contributed by atoms with E-state index in [9.17, 15) is 17.6 Å². The first kappa shape index (κ1) is 15.9. The van der Waals surface area contributed by atoms with E-state index in [1.54, 1.807) is 4.90 Å². The molecule has 1 aliphatic rings. The van der Waals surface area contributed by atoms with Gasteiger partial charge in [-0.25, -0.2) is 12.8 Å². The summed E-state index contributed by atoms with van der Waals surface area (Å²) in [5, 5.41) is 0. The van der Waals surface area contributed by atoms with Crippen molar-refractivity contribution in [1.29, 1.82) is 0 Å². The number of hydrogen-bond acceptors (Lipinski definition) is 3. The first-order chi connectivity index (χ1) is 9.82. The number of amides is 1. The highest BCUT2D eigenvalue weighted by Gasteiger charge is 2.27. The highest BCUT2D eigenvalue weighted by atomic mass is 32.2. The second-order valence-corrected chi connectivity index (χ2v) is 7.11. The lowest BCUT2D eigenvalue weighted by molar-refractivity contribution is -0.128. The standard InChI is InChI=1S/C14H19FN2O3S/c1-11-10-13(4-5-14(11)15)21(19,20)17-7-3-6-16(8-9-17)12(2)18/h4-5,10H,3,6-9H2,1-2H3. The average molecular weight is 314 g/mol. The van der Waals surface area contributed by atoms with Gasteiger partial charge >= 0.3 is 0 Å². The van der Waals surface area contributed by atoms with Crippen molar-refractivity contribution in [1.82, 2.24) is 9.21 Å². The summed E-state index contributed by atoms with van der Waals surface area (Å²) in [5.41, 5.74) is 0.302. The molecule has 0 N–H and O–H groups in total. The number of carbonyl (C=O) groups is 1. The first-order valence-electron chi connectivity index (χ1n) is 6.84. The van der Waals surface area contributed by atoms with E-state index >= 15 is 0 Å². The number of sulfonamides is 1. The zero-order valence-corrected chi connectivity index (χ0v) is 13.0. The second-order valence-electron chi connectivity index (χ2n) is 5.17. The van der Waals surface area contributed by atoms with Crippen LogP contribution in [0.4, 0.5) is 4.39 Å². The molecular weight excluding hydrogens is 295 g/mol. The minimum Gasteiger partial charge on any atom is -0.342 e. The Morgan fingerprint density at radius 1 is 1.19 bits per heavy atom. The van der Waals surface area contributed by atoms with E-state index in [0.717, 1.165) is 0 Å². The number of nitrogens with zero attached hydrogens (tertiary/aromatic N) is 2. The minimum absolute atomic E-state index is 0.0492. The van der Waals surface area contributed by atoms with Gasteiger partial charge in [-0.3, -0.25) is 4.79 Å². The molecule has 7 heteroatoms. The van der Waals surface area contributed by atoms with Crippen LogP contribution in [0.3, 0.4) is 0 Å². The molecule has 1 aliphatic heterocycles. The number of hydrogen-bond donors (Lipinski definition) is 0. The molecular formula is C14H19FN2O3S. The van der Waals surface area contributed by atoms with Crippen molar-refractivity contribution >= 4 is 15.9 Å². The van der Waals surface area contributed by atoms with Crippen molar-refractivity contribution in [3.05, 3.63) is 29.6 Å². The van der Waals surface area contributed by atoms with Crippen LogP contribution in [-0.4, -0.2) is 49.7 Å². The molecule has 1 heterocycles. The molecule has 1 aromatic carbocycles. The molecule has 2 rings (SSSR count). The Balaban J connectivity index is 2.23. The van der Waals surface area contributed by atoms with Crippen LogP contribution in [0.1, 0.15) is 18.9 Å².